The Labute approximate surface area is 114 Å². The maximum Gasteiger partial charge on any atom is 0.171 e. The van der Waals surface area contributed by atoms with E-state index in [9.17, 15) is 0 Å². The Morgan fingerprint density at radius 3 is 3.06 bits per heavy atom. The minimum absolute atomic E-state index is 0.0672. The molecule has 1 fully saturated rings. The molecule has 0 bridgehead atoms. The summed E-state index contributed by atoms with van der Waals surface area (Å²) in [7, 11) is 0. The molecule has 0 saturated carbocycles. The highest BCUT2D eigenvalue weighted by molar-refractivity contribution is 9.10. The molecule has 1 aliphatic heterocycles. The minimum Gasteiger partial charge on any atom is -0.493 e. The summed E-state index contributed by atoms with van der Waals surface area (Å²) in [5.41, 5.74) is 6.16. The number of hydrogen-bond donors (Lipinski definition) is 2. The lowest BCUT2D eigenvalue weighted by Crippen LogP contribution is -2.14. The van der Waals surface area contributed by atoms with Crippen molar-refractivity contribution in [2.75, 3.05) is 19.8 Å². The van der Waals surface area contributed by atoms with Crippen molar-refractivity contribution in [1.29, 1.82) is 0 Å². The summed E-state index contributed by atoms with van der Waals surface area (Å²) in [5, 5.41) is 11.6. The van der Waals surface area contributed by atoms with Crippen LogP contribution >= 0.6 is 15.9 Å². The van der Waals surface area contributed by atoms with Crippen molar-refractivity contribution in [2.45, 2.75) is 6.42 Å². The van der Waals surface area contributed by atoms with E-state index in [2.05, 4.69) is 21.1 Å². The van der Waals surface area contributed by atoms with Crippen LogP contribution in [0.5, 0.6) is 5.75 Å². The van der Waals surface area contributed by atoms with Crippen LogP contribution in [-0.2, 0) is 4.74 Å². The number of rotatable bonds is 4. The van der Waals surface area contributed by atoms with E-state index in [1.165, 1.54) is 0 Å². The summed E-state index contributed by atoms with van der Waals surface area (Å²) in [6.07, 6.45) is 1.05. The lowest BCUT2D eigenvalue weighted by atomic mass is 10.1. The molecule has 1 aromatic rings. The molecular formula is C12H15BrN2O3. The van der Waals surface area contributed by atoms with Gasteiger partial charge in [-0.15, -0.1) is 0 Å². The van der Waals surface area contributed by atoms with Gasteiger partial charge in [-0.2, -0.15) is 0 Å². The number of oxime groups is 1. The largest absolute Gasteiger partial charge is 0.493 e. The van der Waals surface area contributed by atoms with Crippen LogP contribution in [0.4, 0.5) is 0 Å². The van der Waals surface area contributed by atoms with Gasteiger partial charge in [-0.25, -0.2) is 0 Å². The quantitative estimate of drug-likeness (QED) is 0.385. The molecule has 0 aliphatic carbocycles. The molecule has 1 heterocycles. The predicted octanol–water partition coefficient (Wildman–Crippen LogP) is 1.96. The van der Waals surface area contributed by atoms with Gasteiger partial charge in [-0.05, 0) is 40.5 Å². The molecule has 1 aromatic carbocycles. The third kappa shape index (κ3) is 3.14. The van der Waals surface area contributed by atoms with E-state index in [1.54, 1.807) is 12.1 Å². The SMILES string of the molecule is N/C(=N/O)c1ccc(OCC2CCOC2)cc1Br. The predicted molar refractivity (Wildman–Crippen MR) is 71.1 cm³/mol. The summed E-state index contributed by atoms with van der Waals surface area (Å²) >= 11 is 3.37. The van der Waals surface area contributed by atoms with Gasteiger partial charge in [0.15, 0.2) is 5.84 Å². The Bertz CT molecular complexity index is 445. The molecule has 1 saturated heterocycles. The molecule has 5 nitrogen and oxygen atoms in total. The first-order chi connectivity index (χ1) is 8.70. The van der Waals surface area contributed by atoms with E-state index < -0.39 is 0 Å². The smallest absolute Gasteiger partial charge is 0.171 e. The van der Waals surface area contributed by atoms with E-state index >= 15 is 0 Å². The van der Waals surface area contributed by atoms with Gasteiger partial charge < -0.3 is 20.4 Å². The van der Waals surface area contributed by atoms with Gasteiger partial charge in [0, 0.05) is 22.6 Å². The lowest BCUT2D eigenvalue weighted by Gasteiger charge is -2.11. The average Bonchev–Trinajstić information content (AvgIpc) is 2.88. The van der Waals surface area contributed by atoms with Gasteiger partial charge in [0.25, 0.3) is 0 Å². The van der Waals surface area contributed by atoms with Gasteiger partial charge in [0.1, 0.15) is 5.75 Å². The van der Waals surface area contributed by atoms with E-state index in [0.29, 0.717) is 18.1 Å². The first kappa shape index (κ1) is 13.2. The fourth-order valence-corrected chi connectivity index (χ4v) is 2.34. The second kappa shape index (κ2) is 6.06. The van der Waals surface area contributed by atoms with Crippen molar-refractivity contribution in [1.82, 2.24) is 0 Å². The number of hydrogen-bond acceptors (Lipinski definition) is 4. The number of benzene rings is 1. The molecule has 1 atom stereocenters. The maximum absolute atomic E-state index is 8.63. The van der Waals surface area contributed by atoms with Crippen LogP contribution in [0.25, 0.3) is 0 Å². The molecule has 0 amide bonds. The molecule has 1 unspecified atom stereocenters. The van der Waals surface area contributed by atoms with Crippen molar-refractivity contribution < 1.29 is 14.7 Å². The number of ether oxygens (including phenoxy) is 2. The van der Waals surface area contributed by atoms with Crippen molar-refractivity contribution in [3.8, 4) is 5.75 Å². The third-order valence-electron chi connectivity index (χ3n) is 2.83. The zero-order valence-corrected chi connectivity index (χ0v) is 11.4. The second-order valence-electron chi connectivity index (χ2n) is 4.17. The molecule has 3 N–H and O–H groups in total. The van der Waals surface area contributed by atoms with Crippen LogP contribution < -0.4 is 10.5 Å². The van der Waals surface area contributed by atoms with Crippen molar-refractivity contribution in [3.63, 3.8) is 0 Å². The Morgan fingerprint density at radius 1 is 1.61 bits per heavy atom. The first-order valence-electron chi connectivity index (χ1n) is 5.68. The monoisotopic (exact) mass is 314 g/mol. The van der Waals surface area contributed by atoms with Gasteiger partial charge in [0.05, 0.1) is 13.2 Å². The molecule has 0 radical (unpaired) electrons. The number of nitrogens with two attached hydrogens (primary N) is 1. The Balaban J connectivity index is 1.99. The van der Waals surface area contributed by atoms with Crippen molar-refractivity contribution in [3.05, 3.63) is 28.2 Å². The van der Waals surface area contributed by atoms with Crippen LogP contribution in [0.2, 0.25) is 0 Å². The zero-order chi connectivity index (χ0) is 13.0. The van der Waals surface area contributed by atoms with E-state index in [4.69, 9.17) is 20.4 Å². The summed E-state index contributed by atoms with van der Waals surface area (Å²) in [5.74, 6) is 1.29. The van der Waals surface area contributed by atoms with Crippen molar-refractivity contribution in [2.24, 2.45) is 16.8 Å². The van der Waals surface area contributed by atoms with Crippen LogP contribution in [0.15, 0.2) is 27.8 Å². The maximum atomic E-state index is 8.63. The fraction of sp³-hybridized carbons (Fsp3) is 0.417. The van der Waals surface area contributed by atoms with E-state index in [1.807, 2.05) is 6.07 Å². The topological polar surface area (TPSA) is 77.1 Å². The second-order valence-corrected chi connectivity index (χ2v) is 5.02. The number of nitrogens with zero attached hydrogens (tertiary/aromatic N) is 1. The third-order valence-corrected chi connectivity index (χ3v) is 3.49. The Kier molecular flexibility index (Phi) is 4.43. The lowest BCUT2D eigenvalue weighted by molar-refractivity contribution is 0.167. The Morgan fingerprint density at radius 2 is 2.44 bits per heavy atom. The van der Waals surface area contributed by atoms with Gasteiger partial charge in [-0.1, -0.05) is 5.16 Å². The molecule has 1 aliphatic rings. The van der Waals surface area contributed by atoms with Crippen LogP contribution in [0, 0.1) is 5.92 Å². The summed E-state index contributed by atoms with van der Waals surface area (Å²) in [6, 6.07) is 5.36. The van der Waals surface area contributed by atoms with Crippen LogP contribution in [-0.4, -0.2) is 30.9 Å². The van der Waals surface area contributed by atoms with Crippen molar-refractivity contribution >= 4 is 21.8 Å². The molecule has 2 rings (SSSR count). The van der Waals surface area contributed by atoms with Gasteiger partial charge in [0.2, 0.25) is 0 Å². The highest BCUT2D eigenvalue weighted by atomic mass is 79.9. The molecule has 98 valence electrons. The Hall–Kier alpha value is -1.27. The first-order valence-corrected chi connectivity index (χ1v) is 6.48. The molecule has 0 spiro atoms. The summed E-state index contributed by atoms with van der Waals surface area (Å²) < 4.78 is 11.7. The fourth-order valence-electron chi connectivity index (χ4n) is 1.78. The highest BCUT2D eigenvalue weighted by Gasteiger charge is 2.16. The molecule has 0 aromatic heterocycles. The average molecular weight is 315 g/mol. The summed E-state index contributed by atoms with van der Waals surface area (Å²) in [6.45, 7) is 2.24. The van der Waals surface area contributed by atoms with Gasteiger partial charge >= 0.3 is 0 Å². The van der Waals surface area contributed by atoms with Crippen LogP contribution in [0.1, 0.15) is 12.0 Å². The van der Waals surface area contributed by atoms with Crippen LogP contribution in [0.3, 0.4) is 0 Å². The summed E-state index contributed by atoms with van der Waals surface area (Å²) in [4.78, 5) is 0. The normalized spacial score (nSPS) is 20.1. The molecule has 6 heteroatoms. The standard InChI is InChI=1S/C12H15BrN2O3/c13-11-5-9(1-2-10(11)12(14)15-16)18-7-8-3-4-17-6-8/h1-2,5,8,16H,3-4,6-7H2,(H2,14,15). The highest BCUT2D eigenvalue weighted by Crippen LogP contribution is 2.24. The minimum atomic E-state index is 0.0672. The number of amidine groups is 1. The van der Waals surface area contributed by atoms with E-state index in [0.717, 1.165) is 29.9 Å². The molecular weight excluding hydrogens is 300 g/mol. The van der Waals surface area contributed by atoms with E-state index in [-0.39, 0.29) is 5.84 Å². The number of halogens is 1. The van der Waals surface area contributed by atoms with Gasteiger partial charge in [-0.3, -0.25) is 0 Å². The molecule has 18 heavy (non-hydrogen) atoms. The zero-order valence-electron chi connectivity index (χ0n) is 9.80.